The van der Waals surface area contributed by atoms with Crippen molar-refractivity contribution in [3.8, 4) is 11.4 Å². The van der Waals surface area contributed by atoms with Crippen molar-refractivity contribution in [2.45, 2.75) is 37.7 Å². The number of hydrogen-bond acceptors (Lipinski definition) is 7. The summed E-state index contributed by atoms with van der Waals surface area (Å²) in [5, 5.41) is 6.66. The van der Waals surface area contributed by atoms with Gasteiger partial charge in [-0.2, -0.15) is 4.98 Å². The summed E-state index contributed by atoms with van der Waals surface area (Å²) in [5.41, 5.74) is 1.65. The molecule has 0 bridgehead atoms. The predicted octanol–water partition coefficient (Wildman–Crippen LogP) is 5.61. The van der Waals surface area contributed by atoms with Crippen LogP contribution in [0.2, 0.25) is 0 Å². The third kappa shape index (κ3) is 4.62. The number of hydrogen-bond donors (Lipinski definition) is 0. The Morgan fingerprint density at radius 1 is 1.21 bits per heavy atom. The second-order valence-corrected chi connectivity index (χ2v) is 9.75. The van der Waals surface area contributed by atoms with Gasteiger partial charge in [-0.3, -0.25) is 9.36 Å². The zero-order valence-corrected chi connectivity index (χ0v) is 19.2. The third-order valence-corrected chi connectivity index (χ3v) is 6.74. The molecule has 0 aliphatic heterocycles. The molecule has 0 unspecified atom stereocenters. The second kappa shape index (κ2) is 8.81. The summed E-state index contributed by atoms with van der Waals surface area (Å²) in [7, 11) is 0. The zero-order chi connectivity index (χ0) is 20.4. The van der Waals surface area contributed by atoms with Crippen LogP contribution < -0.4 is 5.56 Å². The average molecular weight is 491 g/mol. The van der Waals surface area contributed by atoms with E-state index in [9.17, 15) is 4.79 Å². The summed E-state index contributed by atoms with van der Waals surface area (Å²) in [4.78, 5) is 22.1. The fourth-order valence-corrected chi connectivity index (χ4v) is 4.68. The molecular formula is C20H19BrN4O2S2. The lowest BCUT2D eigenvalue weighted by molar-refractivity contribution is 0.391. The van der Waals surface area contributed by atoms with Gasteiger partial charge >= 0.3 is 0 Å². The van der Waals surface area contributed by atoms with Gasteiger partial charge < -0.3 is 4.52 Å². The van der Waals surface area contributed by atoms with Gasteiger partial charge in [0.2, 0.25) is 11.7 Å². The first-order valence-corrected chi connectivity index (χ1v) is 11.9. The number of benzene rings is 1. The van der Waals surface area contributed by atoms with Crippen LogP contribution in [0.1, 0.15) is 26.2 Å². The van der Waals surface area contributed by atoms with E-state index < -0.39 is 0 Å². The van der Waals surface area contributed by atoms with E-state index in [0.29, 0.717) is 39.8 Å². The number of thioether (sulfide) groups is 1. The zero-order valence-electron chi connectivity index (χ0n) is 16.0. The van der Waals surface area contributed by atoms with Crippen LogP contribution in [0.25, 0.3) is 21.6 Å². The van der Waals surface area contributed by atoms with E-state index in [1.807, 2.05) is 35.7 Å². The van der Waals surface area contributed by atoms with Crippen LogP contribution in [0.3, 0.4) is 0 Å². The van der Waals surface area contributed by atoms with Crippen molar-refractivity contribution < 1.29 is 4.52 Å². The highest BCUT2D eigenvalue weighted by Crippen LogP contribution is 2.25. The van der Waals surface area contributed by atoms with Crippen LogP contribution in [-0.4, -0.2) is 19.7 Å². The lowest BCUT2D eigenvalue weighted by atomic mass is 10.1. The van der Waals surface area contributed by atoms with Crippen molar-refractivity contribution in [2.24, 2.45) is 5.92 Å². The van der Waals surface area contributed by atoms with Crippen molar-refractivity contribution in [1.82, 2.24) is 19.7 Å². The quantitative estimate of drug-likeness (QED) is 0.247. The molecule has 0 spiro atoms. The molecule has 0 N–H and O–H groups in total. The molecular weight excluding hydrogens is 472 g/mol. The molecule has 3 aromatic heterocycles. The first-order valence-electron chi connectivity index (χ1n) is 9.20. The summed E-state index contributed by atoms with van der Waals surface area (Å²) in [6.45, 7) is 4.95. The molecule has 6 nitrogen and oxygen atoms in total. The number of thiophene rings is 1. The van der Waals surface area contributed by atoms with Crippen molar-refractivity contribution in [2.75, 3.05) is 0 Å². The van der Waals surface area contributed by atoms with Gasteiger partial charge in [0.1, 0.15) is 4.70 Å². The minimum atomic E-state index is 0.0224. The fraction of sp³-hybridized carbons (Fsp3) is 0.300. The monoisotopic (exact) mass is 490 g/mol. The van der Waals surface area contributed by atoms with Gasteiger partial charge in [0.15, 0.2) is 5.16 Å². The van der Waals surface area contributed by atoms with E-state index in [-0.39, 0.29) is 5.56 Å². The highest BCUT2D eigenvalue weighted by molar-refractivity contribution is 9.10. The van der Waals surface area contributed by atoms with Gasteiger partial charge in [-0.1, -0.05) is 46.7 Å². The molecule has 3 heterocycles. The summed E-state index contributed by atoms with van der Waals surface area (Å²) < 4.78 is 8.88. The molecule has 29 heavy (non-hydrogen) atoms. The van der Waals surface area contributed by atoms with Crippen LogP contribution in [0.5, 0.6) is 0 Å². The van der Waals surface area contributed by atoms with Gasteiger partial charge in [-0.05, 0) is 48.1 Å². The molecule has 0 atom stereocenters. The normalized spacial score (nSPS) is 11.6. The molecule has 0 saturated heterocycles. The van der Waals surface area contributed by atoms with E-state index in [2.05, 4.69) is 39.9 Å². The Balaban J connectivity index is 1.57. The number of halogens is 1. The summed E-state index contributed by atoms with van der Waals surface area (Å²) in [6, 6.07) is 9.63. The van der Waals surface area contributed by atoms with Crippen LogP contribution >= 0.6 is 39.0 Å². The standard InChI is InChI=1S/C20H19BrN4O2S2/c1-12(2)7-9-25-19(26)17-15(8-10-28-17)22-20(25)29-11-16-23-18(24-27-16)13-3-5-14(21)6-4-13/h3-6,8,10,12H,7,9,11H2,1-2H3. The van der Waals surface area contributed by atoms with E-state index in [0.717, 1.165) is 22.0 Å². The third-order valence-electron chi connectivity index (χ3n) is 4.36. The van der Waals surface area contributed by atoms with Crippen LogP contribution in [0.15, 0.2) is 54.7 Å². The highest BCUT2D eigenvalue weighted by atomic mass is 79.9. The maximum atomic E-state index is 12.9. The van der Waals surface area contributed by atoms with Gasteiger partial charge in [-0.25, -0.2) is 4.98 Å². The summed E-state index contributed by atoms with van der Waals surface area (Å²) in [6.07, 6.45) is 0.917. The highest BCUT2D eigenvalue weighted by Gasteiger charge is 2.15. The van der Waals surface area contributed by atoms with Crippen molar-refractivity contribution in [1.29, 1.82) is 0 Å². The Labute approximate surface area is 184 Å². The smallest absolute Gasteiger partial charge is 0.272 e. The fourth-order valence-electron chi connectivity index (χ4n) is 2.77. The molecule has 0 fully saturated rings. The number of aromatic nitrogens is 4. The topological polar surface area (TPSA) is 73.8 Å². The van der Waals surface area contributed by atoms with E-state index in [1.165, 1.54) is 23.1 Å². The summed E-state index contributed by atoms with van der Waals surface area (Å²) >= 11 is 6.31. The molecule has 9 heteroatoms. The van der Waals surface area contributed by atoms with Crippen molar-refractivity contribution in [3.05, 3.63) is 56.4 Å². The first kappa shape index (κ1) is 20.3. The lowest BCUT2D eigenvalue weighted by Crippen LogP contribution is -2.23. The Morgan fingerprint density at radius 3 is 2.76 bits per heavy atom. The van der Waals surface area contributed by atoms with Crippen molar-refractivity contribution >= 4 is 49.2 Å². The van der Waals surface area contributed by atoms with Gasteiger partial charge in [0, 0.05) is 16.6 Å². The number of nitrogens with zero attached hydrogens (tertiary/aromatic N) is 4. The van der Waals surface area contributed by atoms with E-state index in [4.69, 9.17) is 9.51 Å². The number of rotatable bonds is 7. The molecule has 0 saturated carbocycles. The molecule has 4 aromatic rings. The summed E-state index contributed by atoms with van der Waals surface area (Å²) in [5.74, 6) is 2.01. The SMILES string of the molecule is CC(C)CCn1c(SCc2nc(-c3ccc(Br)cc3)no2)nc2ccsc2c1=O. The van der Waals surface area contributed by atoms with E-state index >= 15 is 0 Å². The molecule has 1 aromatic carbocycles. The van der Waals surface area contributed by atoms with Crippen molar-refractivity contribution in [3.63, 3.8) is 0 Å². The van der Waals surface area contributed by atoms with Gasteiger partial charge in [0.25, 0.3) is 5.56 Å². The first-order chi connectivity index (χ1) is 14.0. The van der Waals surface area contributed by atoms with Crippen LogP contribution in [0, 0.1) is 5.92 Å². The number of fused-ring (bicyclic) bond motifs is 1. The minimum absolute atomic E-state index is 0.0224. The van der Waals surface area contributed by atoms with Gasteiger partial charge in [0.05, 0.1) is 11.3 Å². The molecule has 0 aliphatic carbocycles. The molecule has 0 aliphatic rings. The van der Waals surface area contributed by atoms with Gasteiger partial charge in [-0.15, -0.1) is 11.3 Å². The Hall–Kier alpha value is -1.97. The largest absolute Gasteiger partial charge is 0.338 e. The Bertz CT molecular complexity index is 1180. The maximum Gasteiger partial charge on any atom is 0.272 e. The van der Waals surface area contributed by atoms with Crippen LogP contribution in [0.4, 0.5) is 0 Å². The molecule has 0 radical (unpaired) electrons. The van der Waals surface area contributed by atoms with E-state index in [1.54, 1.807) is 4.57 Å². The molecule has 0 amide bonds. The van der Waals surface area contributed by atoms with Crippen LogP contribution in [-0.2, 0) is 12.3 Å². The lowest BCUT2D eigenvalue weighted by Gasteiger charge is -2.12. The Morgan fingerprint density at radius 2 is 2.00 bits per heavy atom. The maximum absolute atomic E-state index is 12.9. The predicted molar refractivity (Wildman–Crippen MR) is 120 cm³/mol. The minimum Gasteiger partial charge on any atom is -0.338 e. The second-order valence-electron chi connectivity index (χ2n) is 6.98. The average Bonchev–Trinajstić information content (AvgIpc) is 3.36. The Kier molecular flexibility index (Phi) is 6.17. The molecule has 150 valence electrons. The molecule has 4 rings (SSSR count).